The SMILES string of the molecule is CNc1ccc(C(=O)N(C)Cc2cnn(C)c2)nc1. The molecule has 2 rings (SSSR count). The lowest BCUT2D eigenvalue weighted by molar-refractivity contribution is 0.0779. The standard InChI is InChI=1S/C13H17N5O/c1-14-11-4-5-12(15-7-11)13(19)17(2)8-10-6-16-18(3)9-10/h4-7,9,14H,8H2,1-3H3. The zero-order valence-corrected chi connectivity index (χ0v) is 11.3. The van der Waals surface area contributed by atoms with Gasteiger partial charge in [-0.15, -0.1) is 0 Å². The number of aryl methyl sites for hydroxylation is 1. The molecule has 6 nitrogen and oxygen atoms in total. The molecule has 0 bridgehead atoms. The Morgan fingerprint density at radius 3 is 2.74 bits per heavy atom. The second-order valence-corrected chi connectivity index (χ2v) is 4.37. The van der Waals surface area contributed by atoms with Crippen molar-refractivity contribution in [1.29, 1.82) is 0 Å². The van der Waals surface area contributed by atoms with Crippen molar-refractivity contribution in [3.8, 4) is 0 Å². The Morgan fingerprint density at radius 1 is 1.42 bits per heavy atom. The summed E-state index contributed by atoms with van der Waals surface area (Å²) in [5, 5.41) is 7.05. The molecule has 1 N–H and O–H groups in total. The number of pyridine rings is 1. The van der Waals surface area contributed by atoms with E-state index in [9.17, 15) is 4.79 Å². The summed E-state index contributed by atoms with van der Waals surface area (Å²) in [4.78, 5) is 17.9. The maximum absolute atomic E-state index is 12.2. The summed E-state index contributed by atoms with van der Waals surface area (Å²) in [5.41, 5.74) is 2.31. The van der Waals surface area contributed by atoms with Gasteiger partial charge in [-0.05, 0) is 12.1 Å². The van der Waals surface area contributed by atoms with Crippen LogP contribution in [0.15, 0.2) is 30.7 Å². The van der Waals surface area contributed by atoms with Crippen molar-refractivity contribution < 1.29 is 4.79 Å². The topological polar surface area (TPSA) is 63.1 Å². The van der Waals surface area contributed by atoms with Gasteiger partial charge < -0.3 is 10.2 Å². The first-order valence-corrected chi connectivity index (χ1v) is 5.97. The summed E-state index contributed by atoms with van der Waals surface area (Å²) in [6.45, 7) is 0.516. The van der Waals surface area contributed by atoms with Gasteiger partial charge in [-0.1, -0.05) is 0 Å². The van der Waals surface area contributed by atoms with Gasteiger partial charge in [-0.3, -0.25) is 9.48 Å². The molecule has 0 saturated heterocycles. The lowest BCUT2D eigenvalue weighted by atomic mass is 10.2. The van der Waals surface area contributed by atoms with E-state index in [0.717, 1.165) is 11.3 Å². The number of carbonyl (C=O) groups is 1. The van der Waals surface area contributed by atoms with E-state index in [2.05, 4.69) is 15.4 Å². The van der Waals surface area contributed by atoms with Crippen molar-refractivity contribution in [3.63, 3.8) is 0 Å². The van der Waals surface area contributed by atoms with Gasteiger partial charge in [0.1, 0.15) is 5.69 Å². The number of rotatable bonds is 4. The first kappa shape index (κ1) is 13.1. The van der Waals surface area contributed by atoms with E-state index in [4.69, 9.17) is 0 Å². The Morgan fingerprint density at radius 2 is 2.21 bits per heavy atom. The van der Waals surface area contributed by atoms with Crippen LogP contribution in [-0.4, -0.2) is 39.7 Å². The van der Waals surface area contributed by atoms with E-state index in [0.29, 0.717) is 12.2 Å². The monoisotopic (exact) mass is 259 g/mol. The summed E-state index contributed by atoms with van der Waals surface area (Å²) in [6.07, 6.45) is 5.29. The molecule has 0 atom stereocenters. The highest BCUT2D eigenvalue weighted by atomic mass is 16.2. The molecule has 0 aromatic carbocycles. The fraction of sp³-hybridized carbons (Fsp3) is 0.308. The average molecular weight is 259 g/mol. The lowest BCUT2D eigenvalue weighted by Gasteiger charge is -2.15. The summed E-state index contributed by atoms with van der Waals surface area (Å²) in [7, 11) is 5.42. The van der Waals surface area contributed by atoms with Crippen molar-refractivity contribution in [2.24, 2.45) is 7.05 Å². The Balaban J connectivity index is 2.05. The van der Waals surface area contributed by atoms with E-state index >= 15 is 0 Å². The summed E-state index contributed by atoms with van der Waals surface area (Å²) < 4.78 is 1.72. The van der Waals surface area contributed by atoms with Gasteiger partial charge in [0.25, 0.3) is 5.91 Å². The quantitative estimate of drug-likeness (QED) is 0.894. The molecule has 0 spiro atoms. The Bertz CT molecular complexity index is 561. The smallest absolute Gasteiger partial charge is 0.272 e. The molecule has 0 aliphatic heterocycles. The minimum atomic E-state index is -0.105. The molecule has 0 unspecified atom stereocenters. The van der Waals surface area contributed by atoms with E-state index in [1.54, 1.807) is 35.1 Å². The lowest BCUT2D eigenvalue weighted by Crippen LogP contribution is -2.26. The highest BCUT2D eigenvalue weighted by molar-refractivity contribution is 5.92. The highest BCUT2D eigenvalue weighted by Gasteiger charge is 2.13. The van der Waals surface area contributed by atoms with Gasteiger partial charge in [-0.25, -0.2) is 4.98 Å². The number of anilines is 1. The number of carbonyl (C=O) groups excluding carboxylic acids is 1. The Labute approximate surface area is 112 Å². The minimum Gasteiger partial charge on any atom is -0.387 e. The predicted octanol–water partition coefficient (Wildman–Crippen LogP) is 1.13. The van der Waals surface area contributed by atoms with Crippen LogP contribution < -0.4 is 5.32 Å². The largest absolute Gasteiger partial charge is 0.387 e. The van der Waals surface area contributed by atoms with E-state index < -0.39 is 0 Å². The molecule has 2 aromatic heterocycles. The summed E-state index contributed by atoms with van der Waals surface area (Å²) in [6, 6.07) is 3.55. The normalized spacial score (nSPS) is 10.3. The van der Waals surface area contributed by atoms with Crippen LogP contribution in [0, 0.1) is 0 Å². The van der Waals surface area contributed by atoms with Crippen LogP contribution in [0.1, 0.15) is 16.1 Å². The van der Waals surface area contributed by atoms with Crippen LogP contribution in [0.2, 0.25) is 0 Å². The molecule has 0 aliphatic carbocycles. The molecule has 2 aromatic rings. The van der Waals surface area contributed by atoms with Gasteiger partial charge in [0.15, 0.2) is 0 Å². The van der Waals surface area contributed by atoms with Gasteiger partial charge in [0.2, 0.25) is 0 Å². The van der Waals surface area contributed by atoms with Gasteiger partial charge in [0, 0.05) is 39.4 Å². The third-order valence-corrected chi connectivity index (χ3v) is 2.80. The fourth-order valence-electron chi connectivity index (χ4n) is 1.76. The number of hydrogen-bond donors (Lipinski definition) is 1. The minimum absolute atomic E-state index is 0.105. The molecular weight excluding hydrogens is 242 g/mol. The van der Waals surface area contributed by atoms with Crippen LogP contribution in [-0.2, 0) is 13.6 Å². The molecule has 0 aliphatic rings. The molecular formula is C13H17N5O. The molecule has 0 fully saturated rings. The number of hydrogen-bond acceptors (Lipinski definition) is 4. The van der Waals surface area contributed by atoms with E-state index in [1.165, 1.54) is 0 Å². The van der Waals surface area contributed by atoms with Crippen molar-refractivity contribution in [3.05, 3.63) is 42.0 Å². The van der Waals surface area contributed by atoms with Crippen LogP contribution >= 0.6 is 0 Å². The van der Waals surface area contributed by atoms with Crippen molar-refractivity contribution in [2.75, 3.05) is 19.4 Å². The molecule has 2 heterocycles. The first-order chi connectivity index (χ1) is 9.10. The molecule has 100 valence electrons. The zero-order valence-electron chi connectivity index (χ0n) is 11.3. The molecule has 19 heavy (non-hydrogen) atoms. The van der Waals surface area contributed by atoms with Crippen molar-refractivity contribution in [1.82, 2.24) is 19.7 Å². The van der Waals surface area contributed by atoms with Crippen molar-refractivity contribution >= 4 is 11.6 Å². The fourth-order valence-corrected chi connectivity index (χ4v) is 1.76. The predicted molar refractivity (Wildman–Crippen MR) is 72.8 cm³/mol. The molecule has 6 heteroatoms. The summed E-state index contributed by atoms with van der Waals surface area (Å²) in [5.74, 6) is -0.105. The maximum atomic E-state index is 12.2. The van der Waals surface area contributed by atoms with Crippen LogP contribution in [0.4, 0.5) is 5.69 Å². The van der Waals surface area contributed by atoms with Gasteiger partial charge in [0.05, 0.1) is 18.1 Å². The molecule has 0 saturated carbocycles. The molecule has 0 radical (unpaired) electrons. The van der Waals surface area contributed by atoms with Crippen LogP contribution in [0.3, 0.4) is 0 Å². The number of nitrogens with one attached hydrogen (secondary N) is 1. The number of amides is 1. The van der Waals surface area contributed by atoms with E-state index in [-0.39, 0.29) is 5.91 Å². The van der Waals surface area contributed by atoms with Gasteiger partial charge in [-0.2, -0.15) is 5.10 Å². The highest BCUT2D eigenvalue weighted by Crippen LogP contribution is 2.09. The number of aromatic nitrogens is 3. The van der Waals surface area contributed by atoms with Crippen LogP contribution in [0.5, 0.6) is 0 Å². The number of nitrogens with zero attached hydrogens (tertiary/aromatic N) is 4. The van der Waals surface area contributed by atoms with Crippen molar-refractivity contribution in [2.45, 2.75) is 6.54 Å². The maximum Gasteiger partial charge on any atom is 0.272 e. The van der Waals surface area contributed by atoms with Crippen LogP contribution in [0.25, 0.3) is 0 Å². The van der Waals surface area contributed by atoms with E-state index in [1.807, 2.05) is 26.4 Å². The zero-order chi connectivity index (χ0) is 13.8. The Kier molecular flexibility index (Phi) is 3.79. The second-order valence-electron chi connectivity index (χ2n) is 4.37. The first-order valence-electron chi connectivity index (χ1n) is 5.97. The third kappa shape index (κ3) is 3.09. The second kappa shape index (κ2) is 5.51. The average Bonchev–Trinajstić information content (AvgIpc) is 2.83. The van der Waals surface area contributed by atoms with Gasteiger partial charge >= 0.3 is 0 Å². The third-order valence-electron chi connectivity index (χ3n) is 2.80. The molecule has 1 amide bonds. The Hall–Kier alpha value is -2.37. The summed E-state index contributed by atoms with van der Waals surface area (Å²) >= 11 is 0.